The van der Waals surface area contributed by atoms with Gasteiger partial charge in [-0.1, -0.05) is 210 Å². The molecule has 12 aromatic heterocycles. The Morgan fingerprint density at radius 3 is 1.03 bits per heavy atom. The second-order valence-electron chi connectivity index (χ2n) is 33.0. The number of nitrogens with zero attached hydrogens (tertiary/aromatic N) is 12. The highest BCUT2D eigenvalue weighted by Gasteiger charge is 2.36. The SMILES string of the molecule is Cc1ccc2c(oc3ncccc32)c1-c1n(C)c2ccccc2[n+]1C.[2H]C([2H])([2H])C([2H])(C)c1cc(-c2ccccc2)cc(C([2H])(C)C([2H])([2H])[2H])c1-n1cc[n+](C)c1-c1c(C)ccc2c1oc1ncccc12.[2H]C([2H])([2H])C([2H])(C)c1cccc(C([2H])(C)C([2H])([2H])[2H])c1-n1cc[n+](C)c1-c1c(C)ccc2c1oc1nc(C)ccc12.[2H]C([2H])([2H])C([2H])(C)c1cccc(C([2H])(C)C([2H])([2H])[2H])c1-n1cc[n+](C)c1-c1c(C)ccc2c1oc1ncccc12. The molecular formula is C112H114N12O4+4. The standard InChI is InChI=1S/C34H34N3O.C29H32N3O.C28H30N3O.C21H18N3O/c1-21(2)28-19-25(24-11-8-7-9-12-24)20-29(22(3)4)31(28)37-18-17-36(6)34(37)30-23(5)14-15-26-27-13-10-16-35-33(27)38-32(26)30;1-17(2)21-9-8-10-22(18(3)4)26(21)32-16-15-31(7)29(32)25-19(5)11-13-23-24-14-12-20(6)30-28(24)33-27(23)25;1-17(2)20-9-7-10-21(18(3)4)25(20)31-16-15-30(6)28(31)24-19(5)12-13-22-23-11-8-14-29-27(23)32-26(22)24;1-13-10-11-14-15-7-6-12-22-20(15)25-19(14)18(13)21-23(2)16-8-4-5-9-17(16)24(21)3/h7-22H,1-6H3;8-18H,1-7H3;7-18H,1-6H3;4-12H,1-3H3/q4*+1/i1D3,3D3,21D,22D;2*1D3,3D3,17D,18D;. The van der Waals surface area contributed by atoms with E-state index in [1.807, 2.05) is 172 Å². The van der Waals surface area contributed by atoms with Crippen LogP contribution in [0.2, 0.25) is 0 Å². The lowest BCUT2D eigenvalue weighted by Crippen LogP contribution is -2.30. The van der Waals surface area contributed by atoms with E-state index in [0.717, 1.165) is 82.4 Å². The van der Waals surface area contributed by atoms with Crippen molar-refractivity contribution in [2.45, 2.75) is 153 Å². The van der Waals surface area contributed by atoms with Crippen LogP contribution in [0, 0.1) is 34.6 Å². The molecule has 21 rings (SSSR count). The van der Waals surface area contributed by atoms with Crippen LogP contribution in [0.1, 0.15) is 212 Å². The van der Waals surface area contributed by atoms with Gasteiger partial charge in [0.15, 0.2) is 33.4 Å². The Labute approximate surface area is 782 Å². The summed E-state index contributed by atoms with van der Waals surface area (Å²) in [6.07, 6.45) is 15.5. The molecule has 6 unspecified atom stereocenters. The van der Waals surface area contributed by atoms with Crippen LogP contribution >= 0.6 is 0 Å². The molecule has 12 heterocycles. The van der Waals surface area contributed by atoms with Crippen LogP contribution in [0.5, 0.6) is 0 Å². The highest BCUT2D eigenvalue weighted by Crippen LogP contribution is 2.46. The number of para-hydroxylation sites is 4. The van der Waals surface area contributed by atoms with Gasteiger partial charge in [0, 0.05) is 134 Å². The van der Waals surface area contributed by atoms with E-state index in [-0.39, 0.29) is 50.4 Å². The fourth-order valence-electron chi connectivity index (χ4n) is 18.1. The third-order valence-electron chi connectivity index (χ3n) is 24.3. The average molecular weight is 1720 g/mol. The first kappa shape index (κ1) is 60.5. The molecular weight excluding hydrogens is 1580 g/mol. The largest absolute Gasteiger partial charge is 0.437 e. The zero-order valence-electron chi connectivity index (χ0n) is 98.2. The van der Waals surface area contributed by atoms with E-state index in [1.165, 1.54) is 94.5 Å². The van der Waals surface area contributed by atoms with Crippen molar-refractivity contribution >= 4 is 99.3 Å². The molecule has 0 fully saturated rings. The van der Waals surface area contributed by atoms with Gasteiger partial charge in [-0.2, -0.15) is 13.7 Å². The lowest BCUT2D eigenvalue weighted by Gasteiger charge is -2.20. The van der Waals surface area contributed by atoms with Gasteiger partial charge in [0.25, 0.3) is 23.3 Å². The minimum atomic E-state index is -2.80. The number of benzene rings is 9. The number of furan rings is 4. The summed E-state index contributed by atoms with van der Waals surface area (Å²) in [6.45, 7) is 1.02. The van der Waals surface area contributed by atoms with Crippen molar-refractivity contribution in [3.05, 3.63) is 317 Å². The maximum atomic E-state index is 9.34. The first-order valence-corrected chi connectivity index (χ1v) is 42.3. The fraction of sp³-hybridized carbons (Fsp3) is 0.250. The number of aryl methyl sites for hydroxylation is 10. The number of rotatable bonds is 14. The number of aromatic nitrogens is 12. The third-order valence-corrected chi connectivity index (χ3v) is 24.3. The van der Waals surface area contributed by atoms with Crippen molar-refractivity contribution in [1.29, 1.82) is 0 Å². The van der Waals surface area contributed by atoms with Crippen LogP contribution in [-0.4, -0.2) is 38.2 Å². The van der Waals surface area contributed by atoms with Crippen molar-refractivity contribution < 1.29 is 68.8 Å². The molecule has 0 N–H and O–H groups in total. The topological polar surface area (TPSA) is 139 Å². The lowest BCUT2D eigenvalue weighted by atomic mass is 9.88. The Balaban J connectivity index is 0.000000134. The Morgan fingerprint density at radius 2 is 0.656 bits per heavy atom. The van der Waals surface area contributed by atoms with Gasteiger partial charge >= 0.3 is 0 Å². The van der Waals surface area contributed by atoms with Gasteiger partial charge in [-0.25, -0.2) is 42.8 Å². The number of hydrogen-bond donors (Lipinski definition) is 0. The molecule has 9 aromatic carbocycles. The molecule has 6 atom stereocenters. The second kappa shape index (κ2) is 34.0. The molecule has 16 heteroatoms. The van der Waals surface area contributed by atoms with E-state index < -0.39 is 76.5 Å². The van der Waals surface area contributed by atoms with Crippen molar-refractivity contribution in [2.24, 2.45) is 35.2 Å². The summed E-state index contributed by atoms with van der Waals surface area (Å²) in [6, 6.07) is 61.5. The highest BCUT2D eigenvalue weighted by atomic mass is 16.4. The summed E-state index contributed by atoms with van der Waals surface area (Å²) in [4.78, 5) is 17.7. The quantitative estimate of drug-likeness (QED) is 0.0981. The van der Waals surface area contributed by atoms with Crippen LogP contribution in [0.15, 0.2) is 274 Å². The summed E-state index contributed by atoms with van der Waals surface area (Å²) >= 11 is 0. The molecule has 0 aliphatic carbocycles. The normalized spacial score (nSPS) is 18.0. The third kappa shape index (κ3) is 14.7. The fourth-order valence-corrected chi connectivity index (χ4v) is 18.1. The number of imidazole rings is 4. The maximum Gasteiger partial charge on any atom is 0.297 e. The second-order valence-corrected chi connectivity index (χ2v) is 33.0. The van der Waals surface area contributed by atoms with E-state index in [4.69, 9.17) is 47.8 Å². The highest BCUT2D eigenvalue weighted by molar-refractivity contribution is 6.12. The Kier molecular flexibility index (Phi) is 16.1. The predicted molar refractivity (Wildman–Crippen MR) is 521 cm³/mol. The predicted octanol–water partition coefficient (Wildman–Crippen LogP) is 26.7. The van der Waals surface area contributed by atoms with Gasteiger partial charge in [0.2, 0.25) is 22.9 Å². The summed E-state index contributed by atoms with van der Waals surface area (Å²) in [7, 11) is 9.69. The molecule has 16 nitrogen and oxygen atoms in total. The minimum Gasteiger partial charge on any atom is -0.437 e. The molecule has 128 heavy (non-hydrogen) atoms. The number of hydrogen-bond acceptors (Lipinski definition) is 8. The Morgan fingerprint density at radius 1 is 0.328 bits per heavy atom. The van der Waals surface area contributed by atoms with E-state index in [0.29, 0.717) is 84.9 Å². The van der Waals surface area contributed by atoms with Gasteiger partial charge < -0.3 is 17.7 Å². The number of fused-ring (bicyclic) bond motifs is 13. The summed E-state index contributed by atoms with van der Waals surface area (Å²) in [5.41, 5.74) is 17.0. The van der Waals surface area contributed by atoms with Crippen molar-refractivity contribution in [3.63, 3.8) is 0 Å². The molecule has 0 spiro atoms. The van der Waals surface area contributed by atoms with E-state index in [2.05, 4.69) is 92.6 Å². The molecule has 0 saturated carbocycles. The van der Waals surface area contributed by atoms with Gasteiger partial charge in [0.1, 0.15) is 76.5 Å². The summed E-state index contributed by atoms with van der Waals surface area (Å²) < 4.78 is 243. The van der Waals surface area contributed by atoms with Gasteiger partial charge in [-0.3, -0.25) is 0 Å². The van der Waals surface area contributed by atoms with Crippen molar-refractivity contribution in [2.75, 3.05) is 0 Å². The minimum absolute atomic E-state index is 0.0696. The molecule has 0 aliphatic heterocycles. The molecule has 0 saturated heterocycles. The first-order valence-electron chi connectivity index (χ1n) is 54.3. The Hall–Kier alpha value is -14.1. The first-order chi connectivity index (χ1) is 71.0. The summed E-state index contributed by atoms with van der Waals surface area (Å²) in [5, 5.41) is 7.18. The number of pyridine rings is 4. The zero-order valence-corrected chi connectivity index (χ0v) is 74.2. The van der Waals surface area contributed by atoms with Crippen LogP contribution in [0.25, 0.3) is 173 Å². The molecule has 0 radical (unpaired) electrons. The van der Waals surface area contributed by atoms with Crippen molar-refractivity contribution in [3.8, 4) is 73.7 Å². The Bertz CT molecular complexity index is 8830. The van der Waals surface area contributed by atoms with E-state index in [9.17, 15) is 2.74 Å². The van der Waals surface area contributed by atoms with E-state index >= 15 is 0 Å². The lowest BCUT2D eigenvalue weighted by molar-refractivity contribution is -0.659. The molecule has 21 aromatic rings. The molecule has 0 amide bonds. The molecule has 642 valence electrons. The van der Waals surface area contributed by atoms with Crippen LogP contribution < -0.4 is 18.3 Å². The molecule has 0 bridgehead atoms. The summed E-state index contributed by atoms with van der Waals surface area (Å²) in [5.74, 6) is -10.0. The van der Waals surface area contributed by atoms with Crippen LogP contribution in [0.4, 0.5) is 0 Å². The van der Waals surface area contributed by atoms with Crippen molar-refractivity contribution in [1.82, 2.24) is 38.2 Å². The van der Waals surface area contributed by atoms with E-state index in [1.54, 1.807) is 81.6 Å². The maximum absolute atomic E-state index is 9.34. The molecule has 0 aliphatic rings. The van der Waals surface area contributed by atoms with Gasteiger partial charge in [-0.15, -0.1) is 0 Å². The van der Waals surface area contributed by atoms with Gasteiger partial charge in [-0.05, 0) is 176 Å². The smallest absolute Gasteiger partial charge is 0.297 e. The average Bonchev–Trinajstić information content (AvgIpc) is 1.07. The van der Waals surface area contributed by atoms with Crippen LogP contribution in [-0.2, 0) is 35.2 Å². The van der Waals surface area contributed by atoms with Crippen LogP contribution in [0.3, 0.4) is 0 Å². The monoisotopic (exact) mass is 1720 g/mol. The van der Waals surface area contributed by atoms with Gasteiger partial charge in [0.05, 0.1) is 35.2 Å². The zero-order chi connectivity index (χ0) is 110.